The molecule has 0 aromatic heterocycles. The Morgan fingerprint density at radius 3 is 1.73 bits per heavy atom. The van der Waals surface area contributed by atoms with Gasteiger partial charge in [0.05, 0.1) is 34.4 Å². The summed E-state index contributed by atoms with van der Waals surface area (Å²) in [4.78, 5) is 24.6. The van der Waals surface area contributed by atoms with Crippen molar-refractivity contribution in [2.24, 2.45) is 0 Å². The summed E-state index contributed by atoms with van der Waals surface area (Å²) in [6.45, 7) is 5.08. The summed E-state index contributed by atoms with van der Waals surface area (Å²) in [5.74, 6) is -0.364. The van der Waals surface area contributed by atoms with Crippen molar-refractivity contribution < 1.29 is 37.3 Å². The van der Waals surface area contributed by atoms with E-state index >= 15 is 0 Å². The first-order valence-corrected chi connectivity index (χ1v) is 20.1. The van der Waals surface area contributed by atoms with Gasteiger partial charge in [-0.05, 0) is 64.2 Å². The van der Waals surface area contributed by atoms with E-state index in [1.807, 2.05) is 21.1 Å². The molecule has 2 unspecified atom stereocenters. The maximum absolute atomic E-state index is 12.4. The Kier molecular flexibility index (Phi) is 31.7. The minimum absolute atomic E-state index is 0.0154. The third-order valence-corrected chi connectivity index (χ3v) is 8.24. The maximum Gasteiger partial charge on any atom is 0.306 e. The van der Waals surface area contributed by atoms with E-state index in [2.05, 4.69) is 86.8 Å². The van der Waals surface area contributed by atoms with Crippen molar-refractivity contribution in [1.29, 1.82) is 0 Å². The standard InChI is InChI=1S/C40H70NO7P/c1-6-8-10-12-13-14-15-16-17-18-19-20-21-22-23-24-25-26-27-28-30-32-35-45-37-39(48-40(42)33-31-29-11-9-7-2)38-47-49(43,44)46-36-34-41(3,4)5/h8,10,13-14,16-17,19-20,22-23,25-26,39H,6-7,9,11-12,15,18,21,24,27-38H2,1-5H3/b10-8-,14-13-,17-16-,20-19-,23-22-,26-25-. The molecule has 0 radical (unpaired) electrons. The second kappa shape index (κ2) is 33.1. The van der Waals surface area contributed by atoms with Crippen molar-refractivity contribution >= 4 is 13.8 Å². The number of rotatable bonds is 33. The molecule has 0 saturated heterocycles. The first-order chi connectivity index (χ1) is 23.6. The van der Waals surface area contributed by atoms with Crippen LogP contribution in [0.15, 0.2) is 72.9 Å². The lowest BCUT2D eigenvalue weighted by Gasteiger charge is -2.28. The molecule has 9 heteroatoms. The third-order valence-electron chi connectivity index (χ3n) is 7.27. The Morgan fingerprint density at radius 2 is 1.18 bits per heavy atom. The van der Waals surface area contributed by atoms with E-state index in [9.17, 15) is 14.3 Å². The van der Waals surface area contributed by atoms with Crippen molar-refractivity contribution in [3.8, 4) is 0 Å². The summed E-state index contributed by atoms with van der Waals surface area (Å²) in [6.07, 6.45) is 41.0. The van der Waals surface area contributed by atoms with Crippen LogP contribution in [0.1, 0.15) is 117 Å². The predicted octanol–water partition coefficient (Wildman–Crippen LogP) is 9.74. The quantitative estimate of drug-likeness (QED) is 0.0220. The topological polar surface area (TPSA) is 94.1 Å². The van der Waals surface area contributed by atoms with E-state index in [-0.39, 0.29) is 25.8 Å². The van der Waals surface area contributed by atoms with Gasteiger partial charge >= 0.3 is 5.97 Å². The molecule has 0 aliphatic carbocycles. The van der Waals surface area contributed by atoms with Gasteiger partial charge < -0.3 is 27.9 Å². The summed E-state index contributed by atoms with van der Waals surface area (Å²) in [5, 5.41) is 0. The number of unbranched alkanes of at least 4 members (excludes halogenated alkanes) is 7. The van der Waals surface area contributed by atoms with Crippen LogP contribution in [0.4, 0.5) is 0 Å². The van der Waals surface area contributed by atoms with Crippen LogP contribution in [0.3, 0.4) is 0 Å². The predicted molar refractivity (Wildman–Crippen MR) is 203 cm³/mol. The van der Waals surface area contributed by atoms with Gasteiger partial charge in [-0.3, -0.25) is 9.36 Å². The molecule has 0 aromatic rings. The largest absolute Gasteiger partial charge is 0.756 e. The van der Waals surface area contributed by atoms with Crippen LogP contribution >= 0.6 is 7.82 Å². The molecule has 0 aliphatic heterocycles. The number of likely N-dealkylation sites (N-methyl/N-ethyl adjacent to an activating group) is 1. The molecule has 49 heavy (non-hydrogen) atoms. The number of nitrogens with zero attached hydrogens (tertiary/aromatic N) is 1. The average molecular weight is 708 g/mol. The van der Waals surface area contributed by atoms with Gasteiger partial charge in [-0.15, -0.1) is 0 Å². The molecule has 0 N–H and O–H groups in total. The van der Waals surface area contributed by atoms with Crippen molar-refractivity contribution in [3.63, 3.8) is 0 Å². The zero-order chi connectivity index (χ0) is 36.3. The number of phosphoric ester groups is 1. The molecule has 0 spiro atoms. The Balaban J connectivity index is 4.20. The van der Waals surface area contributed by atoms with Gasteiger partial charge in [0.1, 0.15) is 19.3 Å². The Hall–Kier alpha value is -2.06. The van der Waals surface area contributed by atoms with E-state index < -0.39 is 13.9 Å². The van der Waals surface area contributed by atoms with Crippen molar-refractivity contribution in [2.75, 3.05) is 54.1 Å². The molecular formula is C40H70NO7P. The van der Waals surface area contributed by atoms with Gasteiger partial charge in [0.2, 0.25) is 0 Å². The zero-order valence-corrected chi connectivity index (χ0v) is 32.5. The zero-order valence-electron chi connectivity index (χ0n) is 31.6. The molecule has 0 aliphatic rings. The molecule has 0 bridgehead atoms. The molecular weight excluding hydrogens is 637 g/mol. The lowest BCUT2D eigenvalue weighted by Crippen LogP contribution is -2.37. The molecule has 0 aromatic carbocycles. The molecule has 0 heterocycles. The number of quaternary nitrogens is 1. The number of hydrogen-bond donors (Lipinski definition) is 0. The van der Waals surface area contributed by atoms with Gasteiger partial charge in [-0.2, -0.15) is 0 Å². The fraction of sp³-hybridized carbons (Fsp3) is 0.675. The number of esters is 1. The van der Waals surface area contributed by atoms with Gasteiger partial charge in [0.15, 0.2) is 0 Å². The summed E-state index contributed by atoms with van der Waals surface area (Å²) in [6, 6.07) is 0. The van der Waals surface area contributed by atoms with Crippen LogP contribution in [0.2, 0.25) is 0 Å². The van der Waals surface area contributed by atoms with Gasteiger partial charge in [-0.25, -0.2) is 0 Å². The Labute approximate surface area is 300 Å². The van der Waals surface area contributed by atoms with Crippen molar-refractivity contribution in [3.05, 3.63) is 72.9 Å². The number of allylic oxidation sites excluding steroid dienone is 12. The molecule has 0 fully saturated rings. The van der Waals surface area contributed by atoms with Crippen LogP contribution in [-0.4, -0.2) is 70.7 Å². The molecule has 0 amide bonds. The van der Waals surface area contributed by atoms with E-state index in [1.54, 1.807) is 0 Å². The van der Waals surface area contributed by atoms with Crippen LogP contribution in [-0.2, 0) is 27.9 Å². The summed E-state index contributed by atoms with van der Waals surface area (Å²) in [7, 11) is 1.32. The minimum atomic E-state index is -4.52. The van der Waals surface area contributed by atoms with E-state index in [1.165, 1.54) is 0 Å². The summed E-state index contributed by atoms with van der Waals surface area (Å²) in [5.41, 5.74) is 0. The number of hydrogen-bond acceptors (Lipinski definition) is 7. The molecule has 0 saturated carbocycles. The summed E-state index contributed by atoms with van der Waals surface area (Å²) < 4.78 is 34.1. The first kappa shape index (κ1) is 46.9. The SMILES string of the molecule is CC/C=C\C/C=C\C/C=C\C/C=C\C/C=C\C/C=C\CCCCCOCC(COP(=O)([O-])OCC[N+](C)(C)C)OC(=O)CCCCCCC. The fourth-order valence-corrected chi connectivity index (χ4v) is 5.10. The fourth-order valence-electron chi connectivity index (χ4n) is 4.37. The van der Waals surface area contributed by atoms with Gasteiger partial charge in [0.25, 0.3) is 7.82 Å². The van der Waals surface area contributed by atoms with E-state index in [0.29, 0.717) is 24.1 Å². The number of carbonyl (C=O) groups is 1. The number of ether oxygens (including phenoxy) is 2. The Bertz CT molecular complexity index is 1010. The van der Waals surface area contributed by atoms with Crippen LogP contribution in [0.5, 0.6) is 0 Å². The average Bonchev–Trinajstić information content (AvgIpc) is 3.04. The van der Waals surface area contributed by atoms with Gasteiger partial charge in [0, 0.05) is 13.0 Å². The summed E-state index contributed by atoms with van der Waals surface area (Å²) >= 11 is 0. The maximum atomic E-state index is 12.4. The molecule has 282 valence electrons. The highest BCUT2D eigenvalue weighted by molar-refractivity contribution is 7.45. The van der Waals surface area contributed by atoms with Crippen LogP contribution < -0.4 is 4.89 Å². The Morgan fingerprint density at radius 1 is 0.653 bits per heavy atom. The number of carbonyl (C=O) groups excluding carboxylic acids is 1. The molecule has 8 nitrogen and oxygen atoms in total. The molecule has 2 atom stereocenters. The highest BCUT2D eigenvalue weighted by atomic mass is 31.2. The van der Waals surface area contributed by atoms with Crippen LogP contribution in [0.25, 0.3) is 0 Å². The van der Waals surface area contributed by atoms with Gasteiger partial charge in [-0.1, -0.05) is 119 Å². The van der Waals surface area contributed by atoms with Crippen molar-refractivity contribution in [1.82, 2.24) is 0 Å². The van der Waals surface area contributed by atoms with E-state index in [4.69, 9.17) is 18.5 Å². The second-order valence-electron chi connectivity index (χ2n) is 13.2. The lowest BCUT2D eigenvalue weighted by atomic mass is 10.1. The smallest absolute Gasteiger partial charge is 0.306 e. The van der Waals surface area contributed by atoms with Crippen LogP contribution in [0, 0.1) is 0 Å². The highest BCUT2D eigenvalue weighted by Crippen LogP contribution is 2.38. The van der Waals surface area contributed by atoms with Crippen molar-refractivity contribution in [2.45, 2.75) is 123 Å². The highest BCUT2D eigenvalue weighted by Gasteiger charge is 2.20. The molecule has 0 rings (SSSR count). The number of phosphoric acid groups is 1. The third kappa shape index (κ3) is 37.0. The minimum Gasteiger partial charge on any atom is -0.756 e. The monoisotopic (exact) mass is 707 g/mol. The lowest BCUT2D eigenvalue weighted by molar-refractivity contribution is -0.870. The second-order valence-corrected chi connectivity index (χ2v) is 14.6. The van der Waals surface area contributed by atoms with E-state index in [0.717, 1.165) is 96.3 Å². The normalized spacial score (nSPS) is 14.8. The first-order valence-electron chi connectivity index (χ1n) is 18.7.